The lowest BCUT2D eigenvalue weighted by molar-refractivity contribution is 0.278. The summed E-state index contributed by atoms with van der Waals surface area (Å²) in [6.45, 7) is 0.449. The largest absolute Gasteiger partial charge is 0.493 e. The molecule has 1 aromatic heterocycles. The molecule has 6 nitrogen and oxygen atoms in total. The summed E-state index contributed by atoms with van der Waals surface area (Å²) in [4.78, 5) is 17.6. The number of hydrogen-bond donors (Lipinski definition) is 1. The number of fused-ring (bicyclic) bond motifs is 1. The monoisotopic (exact) mass is 354 g/mol. The highest BCUT2D eigenvalue weighted by Gasteiger charge is 2.13. The van der Waals surface area contributed by atoms with E-state index in [2.05, 4.69) is 0 Å². The van der Waals surface area contributed by atoms with E-state index in [1.54, 1.807) is 24.9 Å². The Morgan fingerprint density at radius 2 is 1.85 bits per heavy atom. The van der Waals surface area contributed by atoms with Gasteiger partial charge in [-0.05, 0) is 36.2 Å². The van der Waals surface area contributed by atoms with Crippen molar-refractivity contribution in [3.05, 3.63) is 64.2 Å². The van der Waals surface area contributed by atoms with Crippen molar-refractivity contribution in [3.63, 3.8) is 0 Å². The Kier molecular flexibility index (Phi) is 5.53. The first-order valence-corrected chi connectivity index (χ1v) is 8.48. The van der Waals surface area contributed by atoms with Crippen molar-refractivity contribution in [1.29, 1.82) is 0 Å². The number of ether oxygens (including phenoxy) is 2. The number of aliphatic hydroxyl groups excluding tert-OH is 1. The molecule has 0 saturated heterocycles. The van der Waals surface area contributed by atoms with Crippen LogP contribution in [0, 0.1) is 0 Å². The summed E-state index contributed by atoms with van der Waals surface area (Å²) >= 11 is 0. The number of aliphatic hydroxyl groups is 1. The van der Waals surface area contributed by atoms with E-state index in [0.29, 0.717) is 47.6 Å². The zero-order valence-electron chi connectivity index (χ0n) is 14.9. The fraction of sp³-hybridized carbons (Fsp3) is 0.300. The molecule has 3 aromatic rings. The average Bonchev–Trinajstić information content (AvgIpc) is 2.67. The third-order valence-corrected chi connectivity index (χ3v) is 4.29. The summed E-state index contributed by atoms with van der Waals surface area (Å²) in [5.74, 6) is 1.95. The number of para-hydroxylation sites is 1. The maximum Gasteiger partial charge on any atom is 0.261 e. The molecule has 1 N–H and O–H groups in total. The van der Waals surface area contributed by atoms with Gasteiger partial charge in [-0.2, -0.15) is 0 Å². The minimum atomic E-state index is -0.0838. The third kappa shape index (κ3) is 3.55. The van der Waals surface area contributed by atoms with E-state index in [4.69, 9.17) is 14.5 Å². The molecule has 6 heteroatoms. The molecule has 2 aromatic carbocycles. The normalized spacial score (nSPS) is 10.9. The molecular formula is C20H22N2O4. The standard InChI is InChI=1S/C20H22N2O4/c1-25-17-9-8-14(12-18(17)26-2)13-19-21-16-7-4-3-6-15(16)20(24)22(19)10-5-11-23/h3-4,6-9,12,23H,5,10-11,13H2,1-2H3. The fourth-order valence-electron chi connectivity index (χ4n) is 2.98. The summed E-state index contributed by atoms with van der Waals surface area (Å²) in [5, 5.41) is 9.76. The quantitative estimate of drug-likeness (QED) is 0.705. The van der Waals surface area contributed by atoms with Crippen molar-refractivity contribution in [2.24, 2.45) is 0 Å². The van der Waals surface area contributed by atoms with Gasteiger partial charge in [0.05, 0.1) is 25.1 Å². The molecule has 136 valence electrons. The van der Waals surface area contributed by atoms with Crippen LogP contribution in [0.25, 0.3) is 10.9 Å². The van der Waals surface area contributed by atoms with Crippen LogP contribution in [0.5, 0.6) is 11.5 Å². The summed E-state index contributed by atoms with van der Waals surface area (Å²) in [7, 11) is 3.18. The third-order valence-electron chi connectivity index (χ3n) is 4.29. The Morgan fingerprint density at radius 3 is 2.58 bits per heavy atom. The van der Waals surface area contributed by atoms with Crippen LogP contribution in [0.15, 0.2) is 47.3 Å². The van der Waals surface area contributed by atoms with Crippen LogP contribution in [0.4, 0.5) is 0 Å². The van der Waals surface area contributed by atoms with Crippen molar-refractivity contribution in [3.8, 4) is 11.5 Å². The molecule has 0 bridgehead atoms. The molecule has 0 atom stereocenters. The molecule has 0 unspecified atom stereocenters. The molecule has 1 heterocycles. The molecule has 0 amide bonds. The SMILES string of the molecule is COc1ccc(Cc2nc3ccccc3c(=O)n2CCCO)cc1OC. The smallest absolute Gasteiger partial charge is 0.261 e. The highest BCUT2D eigenvalue weighted by Crippen LogP contribution is 2.28. The molecule has 0 spiro atoms. The number of aromatic nitrogens is 2. The van der Waals surface area contributed by atoms with Crippen molar-refractivity contribution in [1.82, 2.24) is 9.55 Å². The predicted octanol–water partition coefficient (Wildman–Crippen LogP) is 2.39. The number of methoxy groups -OCH3 is 2. The number of benzene rings is 2. The molecule has 26 heavy (non-hydrogen) atoms. The summed E-state index contributed by atoms with van der Waals surface area (Å²) in [6.07, 6.45) is 0.977. The molecular weight excluding hydrogens is 332 g/mol. The zero-order chi connectivity index (χ0) is 18.5. The molecule has 0 aliphatic heterocycles. The van der Waals surface area contributed by atoms with E-state index in [1.165, 1.54) is 0 Å². The summed E-state index contributed by atoms with van der Waals surface area (Å²) < 4.78 is 12.3. The van der Waals surface area contributed by atoms with E-state index in [9.17, 15) is 9.90 Å². The average molecular weight is 354 g/mol. The second-order valence-electron chi connectivity index (χ2n) is 5.95. The van der Waals surface area contributed by atoms with Gasteiger partial charge in [-0.25, -0.2) is 4.98 Å². The van der Waals surface area contributed by atoms with Gasteiger partial charge in [0.25, 0.3) is 5.56 Å². The van der Waals surface area contributed by atoms with Gasteiger partial charge < -0.3 is 14.6 Å². The number of hydrogen-bond acceptors (Lipinski definition) is 5. The molecule has 0 radical (unpaired) electrons. The van der Waals surface area contributed by atoms with Crippen LogP contribution in [-0.2, 0) is 13.0 Å². The number of rotatable bonds is 7. The Labute approximate surface area is 151 Å². The van der Waals surface area contributed by atoms with Gasteiger partial charge in [0.2, 0.25) is 0 Å². The van der Waals surface area contributed by atoms with Crippen molar-refractivity contribution >= 4 is 10.9 Å². The Hall–Kier alpha value is -2.86. The van der Waals surface area contributed by atoms with E-state index in [-0.39, 0.29) is 12.2 Å². The van der Waals surface area contributed by atoms with E-state index >= 15 is 0 Å². The first-order chi connectivity index (χ1) is 12.7. The molecule has 3 rings (SSSR count). The maximum atomic E-state index is 12.9. The van der Waals surface area contributed by atoms with E-state index in [0.717, 1.165) is 5.56 Å². The maximum absolute atomic E-state index is 12.9. The topological polar surface area (TPSA) is 73.6 Å². The van der Waals surface area contributed by atoms with Crippen LogP contribution < -0.4 is 15.0 Å². The molecule has 0 fully saturated rings. The first-order valence-electron chi connectivity index (χ1n) is 8.48. The second kappa shape index (κ2) is 8.01. The minimum Gasteiger partial charge on any atom is -0.493 e. The van der Waals surface area contributed by atoms with Gasteiger partial charge in [-0.15, -0.1) is 0 Å². The molecule has 0 aliphatic carbocycles. The molecule has 0 saturated carbocycles. The fourth-order valence-corrected chi connectivity index (χ4v) is 2.98. The van der Waals surface area contributed by atoms with Crippen LogP contribution in [0.2, 0.25) is 0 Å². The Morgan fingerprint density at radius 1 is 1.08 bits per heavy atom. The highest BCUT2D eigenvalue weighted by molar-refractivity contribution is 5.77. The lowest BCUT2D eigenvalue weighted by atomic mass is 10.1. The Bertz CT molecular complexity index is 966. The van der Waals surface area contributed by atoms with Gasteiger partial charge >= 0.3 is 0 Å². The lowest BCUT2D eigenvalue weighted by Crippen LogP contribution is -2.26. The first kappa shape index (κ1) is 17.9. The van der Waals surface area contributed by atoms with E-state index in [1.807, 2.05) is 36.4 Å². The van der Waals surface area contributed by atoms with Crippen molar-refractivity contribution < 1.29 is 14.6 Å². The van der Waals surface area contributed by atoms with Crippen LogP contribution in [-0.4, -0.2) is 35.5 Å². The minimum absolute atomic E-state index is 0.0229. The van der Waals surface area contributed by atoms with Gasteiger partial charge in [0, 0.05) is 19.6 Å². The van der Waals surface area contributed by atoms with Gasteiger partial charge in [-0.3, -0.25) is 9.36 Å². The summed E-state index contributed by atoms with van der Waals surface area (Å²) in [6, 6.07) is 13.0. The van der Waals surface area contributed by atoms with Gasteiger partial charge in [0.1, 0.15) is 5.82 Å². The van der Waals surface area contributed by atoms with Gasteiger partial charge in [-0.1, -0.05) is 18.2 Å². The van der Waals surface area contributed by atoms with Crippen LogP contribution >= 0.6 is 0 Å². The predicted molar refractivity (Wildman–Crippen MR) is 100 cm³/mol. The second-order valence-corrected chi connectivity index (χ2v) is 5.95. The van der Waals surface area contributed by atoms with Crippen LogP contribution in [0.1, 0.15) is 17.8 Å². The van der Waals surface area contributed by atoms with E-state index < -0.39 is 0 Å². The Balaban J connectivity index is 2.07. The van der Waals surface area contributed by atoms with Crippen LogP contribution in [0.3, 0.4) is 0 Å². The van der Waals surface area contributed by atoms with Crippen molar-refractivity contribution in [2.75, 3.05) is 20.8 Å². The summed E-state index contributed by atoms with van der Waals surface area (Å²) in [5.41, 5.74) is 1.55. The van der Waals surface area contributed by atoms with Crippen molar-refractivity contribution in [2.45, 2.75) is 19.4 Å². The number of nitrogens with zero attached hydrogens (tertiary/aromatic N) is 2. The lowest BCUT2D eigenvalue weighted by Gasteiger charge is -2.14. The van der Waals surface area contributed by atoms with Gasteiger partial charge in [0.15, 0.2) is 11.5 Å². The molecule has 0 aliphatic rings. The zero-order valence-corrected chi connectivity index (χ0v) is 14.9. The highest BCUT2D eigenvalue weighted by atomic mass is 16.5.